The number of rotatable bonds is 1. The fraction of sp³-hybridized carbons (Fsp3) is 0. The molecule has 0 atom stereocenters. The maximum Gasteiger partial charge on any atom is 0.273 e. The summed E-state index contributed by atoms with van der Waals surface area (Å²) < 4.78 is 0. The molecule has 0 fully saturated rings. The first-order valence-electron chi connectivity index (χ1n) is 3.63. The quantitative estimate of drug-likeness (QED) is 0.603. The van der Waals surface area contributed by atoms with Crippen LogP contribution in [-0.4, -0.2) is 21.6 Å². The van der Waals surface area contributed by atoms with E-state index < -0.39 is 0 Å². The maximum atomic E-state index is 11.0. The van der Waals surface area contributed by atoms with Gasteiger partial charge in [-0.3, -0.25) is 14.8 Å². The number of nitrogens with zero attached hydrogens (tertiary/aromatic N) is 3. The minimum Gasteiger partial charge on any atom is -0.267 e. The normalized spacial score (nSPS) is 15.5. The molecule has 64 valence electrons. The molecule has 2 heterocycles. The van der Waals surface area contributed by atoms with E-state index in [4.69, 9.17) is 0 Å². The van der Waals surface area contributed by atoms with Crippen LogP contribution in [0.15, 0.2) is 35.8 Å². The highest BCUT2D eigenvalue weighted by Gasteiger charge is 2.22. The highest BCUT2D eigenvalue weighted by Crippen LogP contribution is 2.08. The van der Waals surface area contributed by atoms with Crippen molar-refractivity contribution >= 4 is 11.6 Å². The largest absolute Gasteiger partial charge is 0.273 e. The number of carbonyl (C=O) groups excluding carboxylic acids is 1. The summed E-state index contributed by atoms with van der Waals surface area (Å²) in [6.45, 7) is 3.58. The molecule has 5 nitrogen and oxygen atoms in total. The van der Waals surface area contributed by atoms with Gasteiger partial charge in [0.2, 0.25) is 0 Å². The van der Waals surface area contributed by atoms with Crippen molar-refractivity contribution in [2.45, 2.75) is 0 Å². The molecule has 0 aromatic carbocycles. The Morgan fingerprint density at radius 2 is 2.23 bits per heavy atom. The van der Waals surface area contributed by atoms with Crippen LogP contribution in [0.3, 0.4) is 0 Å². The van der Waals surface area contributed by atoms with Gasteiger partial charge in [0, 0.05) is 12.4 Å². The average molecular weight is 174 g/mol. The van der Waals surface area contributed by atoms with Gasteiger partial charge in [-0.1, -0.05) is 6.58 Å². The molecule has 1 aliphatic rings. The van der Waals surface area contributed by atoms with Gasteiger partial charge in [0.25, 0.3) is 5.91 Å². The summed E-state index contributed by atoms with van der Waals surface area (Å²) in [6.07, 6.45) is 4.62. The van der Waals surface area contributed by atoms with Gasteiger partial charge in [-0.25, -0.2) is 5.43 Å². The summed E-state index contributed by atoms with van der Waals surface area (Å²) >= 11 is 0. The van der Waals surface area contributed by atoms with Crippen molar-refractivity contribution < 1.29 is 4.79 Å². The van der Waals surface area contributed by atoms with Gasteiger partial charge in [-0.2, -0.15) is 5.10 Å². The molecular weight excluding hydrogens is 168 g/mol. The number of hydrogen-bond donors (Lipinski definition) is 1. The van der Waals surface area contributed by atoms with Crippen molar-refractivity contribution in [3.8, 4) is 0 Å². The zero-order chi connectivity index (χ0) is 9.26. The van der Waals surface area contributed by atoms with Crippen LogP contribution in [0.1, 0.15) is 5.69 Å². The van der Waals surface area contributed by atoms with E-state index in [1.165, 1.54) is 12.4 Å². The van der Waals surface area contributed by atoms with Gasteiger partial charge in [0.05, 0.1) is 11.8 Å². The van der Waals surface area contributed by atoms with Crippen LogP contribution < -0.4 is 5.43 Å². The zero-order valence-electron chi connectivity index (χ0n) is 6.69. The number of carbonyl (C=O) groups is 1. The van der Waals surface area contributed by atoms with E-state index in [-0.39, 0.29) is 5.91 Å². The monoisotopic (exact) mass is 174 g/mol. The van der Waals surface area contributed by atoms with Gasteiger partial charge in [0.15, 0.2) is 0 Å². The van der Waals surface area contributed by atoms with Gasteiger partial charge < -0.3 is 0 Å². The molecule has 1 amide bonds. The second kappa shape index (κ2) is 2.78. The first kappa shape index (κ1) is 7.60. The molecule has 2 rings (SSSR count). The first-order chi connectivity index (χ1) is 6.29. The molecule has 0 saturated heterocycles. The second-order valence-electron chi connectivity index (χ2n) is 2.47. The van der Waals surface area contributed by atoms with Crippen LogP contribution in [0.25, 0.3) is 0 Å². The van der Waals surface area contributed by atoms with Crippen LogP contribution in [0.4, 0.5) is 0 Å². The van der Waals surface area contributed by atoms with E-state index in [1.54, 1.807) is 6.20 Å². The van der Waals surface area contributed by atoms with E-state index in [9.17, 15) is 4.79 Å². The summed E-state index contributed by atoms with van der Waals surface area (Å²) in [7, 11) is 0. The van der Waals surface area contributed by atoms with Crippen molar-refractivity contribution in [1.82, 2.24) is 15.4 Å². The lowest BCUT2D eigenvalue weighted by molar-refractivity contribution is -0.116. The summed E-state index contributed by atoms with van der Waals surface area (Å²) in [5.74, 6) is -0.291. The topological polar surface area (TPSA) is 67.2 Å². The van der Waals surface area contributed by atoms with Crippen molar-refractivity contribution in [2.75, 3.05) is 0 Å². The number of amides is 1. The number of aromatic nitrogens is 2. The van der Waals surface area contributed by atoms with Crippen molar-refractivity contribution in [2.24, 2.45) is 5.10 Å². The van der Waals surface area contributed by atoms with Crippen molar-refractivity contribution in [1.29, 1.82) is 0 Å². The third-order valence-electron chi connectivity index (χ3n) is 1.63. The average Bonchev–Trinajstić information content (AvgIpc) is 2.49. The highest BCUT2D eigenvalue weighted by molar-refractivity contribution is 6.29. The summed E-state index contributed by atoms with van der Waals surface area (Å²) in [6, 6.07) is 0. The molecule has 13 heavy (non-hydrogen) atoms. The van der Waals surface area contributed by atoms with Crippen LogP contribution in [-0.2, 0) is 4.79 Å². The van der Waals surface area contributed by atoms with Crippen LogP contribution in [0.5, 0.6) is 0 Å². The Morgan fingerprint density at radius 1 is 1.38 bits per heavy atom. The Labute approximate surface area is 74.2 Å². The number of nitrogens with one attached hydrogen (secondary N) is 1. The van der Waals surface area contributed by atoms with E-state index in [2.05, 4.69) is 27.1 Å². The Balaban J connectivity index is 2.39. The van der Waals surface area contributed by atoms with Crippen molar-refractivity contribution in [3.63, 3.8) is 0 Å². The minimum absolute atomic E-state index is 0.291. The molecule has 0 spiro atoms. The lowest BCUT2D eigenvalue weighted by atomic mass is 10.1. The molecule has 1 aromatic heterocycles. The first-order valence-corrected chi connectivity index (χ1v) is 3.63. The molecule has 1 aliphatic heterocycles. The molecule has 0 aliphatic carbocycles. The zero-order valence-corrected chi connectivity index (χ0v) is 6.69. The predicted molar refractivity (Wildman–Crippen MR) is 45.9 cm³/mol. The van der Waals surface area contributed by atoms with Crippen LogP contribution >= 0.6 is 0 Å². The van der Waals surface area contributed by atoms with E-state index in [0.717, 1.165) is 0 Å². The lowest BCUT2D eigenvalue weighted by Crippen LogP contribution is -2.12. The fourth-order valence-corrected chi connectivity index (χ4v) is 0.982. The van der Waals surface area contributed by atoms with Gasteiger partial charge in [-0.15, -0.1) is 0 Å². The standard InChI is InChI=1S/C8H6N4O/c1-5-7(11-12-8(5)13)6-4-9-2-3-10-6/h2-4H,1H2,(H,12,13). The maximum absolute atomic E-state index is 11.0. The third kappa shape index (κ3) is 1.20. The van der Waals surface area contributed by atoms with Crippen molar-refractivity contribution in [3.05, 3.63) is 36.4 Å². The Hall–Kier alpha value is -2.04. The number of hydrogen-bond acceptors (Lipinski definition) is 4. The molecule has 0 saturated carbocycles. The molecular formula is C8H6N4O. The Kier molecular flexibility index (Phi) is 1.63. The highest BCUT2D eigenvalue weighted by atomic mass is 16.2. The molecule has 0 radical (unpaired) electrons. The summed E-state index contributed by atoms with van der Waals surface area (Å²) in [5, 5.41) is 3.78. The molecule has 5 heteroatoms. The van der Waals surface area contributed by atoms with E-state index >= 15 is 0 Å². The molecule has 0 unspecified atom stereocenters. The Bertz CT molecular complexity index is 396. The van der Waals surface area contributed by atoms with Crippen LogP contribution in [0, 0.1) is 0 Å². The third-order valence-corrected chi connectivity index (χ3v) is 1.63. The van der Waals surface area contributed by atoms with Gasteiger partial charge in [-0.05, 0) is 0 Å². The number of hydrazone groups is 1. The Morgan fingerprint density at radius 3 is 2.77 bits per heavy atom. The summed E-state index contributed by atoms with van der Waals surface area (Å²) in [4.78, 5) is 18.8. The smallest absolute Gasteiger partial charge is 0.267 e. The molecule has 1 aromatic rings. The van der Waals surface area contributed by atoms with Gasteiger partial charge >= 0.3 is 0 Å². The van der Waals surface area contributed by atoms with E-state index in [0.29, 0.717) is 17.0 Å². The lowest BCUT2D eigenvalue weighted by Gasteiger charge is -1.95. The minimum atomic E-state index is -0.291. The van der Waals surface area contributed by atoms with Crippen LogP contribution in [0.2, 0.25) is 0 Å². The second-order valence-corrected chi connectivity index (χ2v) is 2.47. The van der Waals surface area contributed by atoms with Gasteiger partial charge in [0.1, 0.15) is 11.4 Å². The predicted octanol–water partition coefficient (Wildman–Crippen LogP) is -0.133. The SMILES string of the molecule is C=C1C(=O)NN=C1c1cnccn1. The van der Waals surface area contributed by atoms with E-state index in [1.807, 2.05) is 0 Å². The molecule has 0 bridgehead atoms. The molecule has 1 N–H and O–H groups in total. The summed E-state index contributed by atoms with van der Waals surface area (Å²) in [5.41, 5.74) is 3.62. The fourth-order valence-electron chi connectivity index (χ4n) is 0.982.